The predicted octanol–water partition coefficient (Wildman–Crippen LogP) is 6.70. The van der Waals surface area contributed by atoms with Crippen molar-refractivity contribution in [1.82, 2.24) is 4.98 Å². The van der Waals surface area contributed by atoms with Crippen molar-refractivity contribution in [2.75, 3.05) is 0 Å². The first kappa shape index (κ1) is 18.6. The van der Waals surface area contributed by atoms with Gasteiger partial charge in [-0.3, -0.25) is 9.98 Å². The van der Waals surface area contributed by atoms with Crippen LogP contribution in [0.5, 0.6) is 0 Å². The summed E-state index contributed by atoms with van der Waals surface area (Å²) < 4.78 is 0. The average molecular weight is 374 g/mol. The Morgan fingerprint density at radius 2 is 1.48 bits per heavy atom. The summed E-state index contributed by atoms with van der Waals surface area (Å²) in [6.07, 6.45) is 6.60. The molecular weight excluding hydrogens is 352 g/mol. The maximum Gasteiger partial charge on any atom is 0.0658 e. The van der Waals surface area contributed by atoms with Gasteiger partial charge in [-0.05, 0) is 47.5 Å². The summed E-state index contributed by atoms with van der Waals surface area (Å²) in [5, 5.41) is 0. The van der Waals surface area contributed by atoms with Crippen LogP contribution in [0.1, 0.15) is 11.1 Å². The highest BCUT2D eigenvalue weighted by molar-refractivity contribution is 5.73. The lowest BCUT2D eigenvalue weighted by Gasteiger charge is -2.07. The van der Waals surface area contributed by atoms with Gasteiger partial charge in [0.2, 0.25) is 0 Å². The number of allylic oxidation sites excluding steroid dienone is 1. The normalized spacial score (nSPS) is 11.2. The molecule has 2 heteroatoms. The van der Waals surface area contributed by atoms with Crippen LogP contribution in [0.15, 0.2) is 114 Å². The summed E-state index contributed by atoms with van der Waals surface area (Å²) in [6.45, 7) is 3.78. The molecule has 0 saturated carbocycles. The van der Waals surface area contributed by atoms with Crippen LogP contribution >= 0.6 is 0 Å². The van der Waals surface area contributed by atoms with Crippen molar-refractivity contribution in [3.8, 4) is 22.3 Å². The molecule has 0 spiro atoms. The molecule has 0 saturated heterocycles. The van der Waals surface area contributed by atoms with Gasteiger partial charge in [0.05, 0.1) is 5.70 Å². The lowest BCUT2D eigenvalue weighted by atomic mass is 10.0. The average Bonchev–Trinajstić information content (AvgIpc) is 2.81. The lowest BCUT2D eigenvalue weighted by Crippen LogP contribution is -1.87. The van der Waals surface area contributed by atoms with Crippen LogP contribution in [0.3, 0.4) is 0 Å². The Labute approximate surface area is 171 Å². The first-order valence-corrected chi connectivity index (χ1v) is 9.65. The van der Waals surface area contributed by atoms with Gasteiger partial charge in [0.1, 0.15) is 0 Å². The van der Waals surface area contributed by atoms with Crippen LogP contribution < -0.4 is 0 Å². The van der Waals surface area contributed by atoms with E-state index < -0.39 is 0 Å². The van der Waals surface area contributed by atoms with E-state index in [0.717, 1.165) is 28.8 Å². The van der Waals surface area contributed by atoms with Gasteiger partial charge in [0, 0.05) is 23.5 Å². The molecule has 0 bridgehead atoms. The summed E-state index contributed by atoms with van der Waals surface area (Å²) in [4.78, 5) is 8.48. The molecule has 0 N–H and O–H groups in total. The zero-order valence-electron chi connectivity index (χ0n) is 16.2. The van der Waals surface area contributed by atoms with Gasteiger partial charge in [0.25, 0.3) is 0 Å². The Morgan fingerprint density at radius 1 is 0.759 bits per heavy atom. The number of hydrogen-bond acceptors (Lipinski definition) is 2. The molecule has 0 unspecified atom stereocenters. The van der Waals surface area contributed by atoms with E-state index in [-0.39, 0.29) is 0 Å². The number of aromatic nitrogens is 1. The topological polar surface area (TPSA) is 25.2 Å². The summed E-state index contributed by atoms with van der Waals surface area (Å²) in [6, 6.07) is 31.5. The quantitative estimate of drug-likeness (QED) is 0.345. The SMILES string of the molecule is C=N/C(=C\Cc1ccc(-c2ccccc2)cc1)c1cccc(-c2cccnc2)c1. The molecule has 4 aromatic rings. The van der Waals surface area contributed by atoms with E-state index in [1.165, 1.54) is 16.7 Å². The number of aliphatic imine (C=N–C) groups is 1. The molecule has 2 nitrogen and oxygen atoms in total. The number of nitrogens with zero attached hydrogens (tertiary/aromatic N) is 2. The van der Waals surface area contributed by atoms with E-state index in [1.54, 1.807) is 6.20 Å². The Morgan fingerprint density at radius 3 is 2.21 bits per heavy atom. The fourth-order valence-electron chi connectivity index (χ4n) is 3.34. The third-order valence-corrected chi connectivity index (χ3v) is 4.92. The molecule has 3 aromatic carbocycles. The van der Waals surface area contributed by atoms with E-state index in [1.807, 2.05) is 24.4 Å². The smallest absolute Gasteiger partial charge is 0.0658 e. The van der Waals surface area contributed by atoms with Crippen molar-refractivity contribution in [3.63, 3.8) is 0 Å². The summed E-state index contributed by atoms with van der Waals surface area (Å²) in [7, 11) is 0. The zero-order chi connectivity index (χ0) is 19.9. The molecule has 0 aliphatic heterocycles. The van der Waals surface area contributed by atoms with Gasteiger partial charge in [-0.1, -0.05) is 84.9 Å². The number of pyridine rings is 1. The highest BCUT2D eigenvalue weighted by Crippen LogP contribution is 2.25. The van der Waals surface area contributed by atoms with Crippen molar-refractivity contribution in [2.24, 2.45) is 4.99 Å². The fraction of sp³-hybridized carbons (Fsp3) is 0.0370. The second-order valence-electron chi connectivity index (χ2n) is 6.84. The van der Waals surface area contributed by atoms with Gasteiger partial charge < -0.3 is 0 Å². The summed E-state index contributed by atoms with van der Waals surface area (Å²) in [5.74, 6) is 0. The van der Waals surface area contributed by atoms with Crippen molar-refractivity contribution >= 4 is 12.4 Å². The molecule has 4 rings (SSSR count). The third-order valence-electron chi connectivity index (χ3n) is 4.92. The second kappa shape index (κ2) is 8.94. The number of rotatable bonds is 6. The van der Waals surface area contributed by atoms with Gasteiger partial charge in [-0.15, -0.1) is 0 Å². The van der Waals surface area contributed by atoms with Crippen molar-refractivity contribution in [1.29, 1.82) is 0 Å². The molecule has 0 radical (unpaired) electrons. The largest absolute Gasteiger partial charge is 0.264 e. The second-order valence-corrected chi connectivity index (χ2v) is 6.84. The maximum atomic E-state index is 4.27. The van der Waals surface area contributed by atoms with Crippen LogP contribution in [-0.2, 0) is 6.42 Å². The Kier molecular flexibility index (Phi) is 5.73. The number of hydrogen-bond donors (Lipinski definition) is 0. The maximum absolute atomic E-state index is 4.27. The Hall–Kier alpha value is -3.78. The molecule has 0 amide bonds. The molecule has 0 atom stereocenters. The van der Waals surface area contributed by atoms with Crippen LogP contribution in [0.2, 0.25) is 0 Å². The first-order chi connectivity index (χ1) is 14.3. The van der Waals surface area contributed by atoms with Gasteiger partial charge in [-0.2, -0.15) is 0 Å². The molecule has 140 valence electrons. The highest BCUT2D eigenvalue weighted by atomic mass is 14.7. The van der Waals surface area contributed by atoms with Gasteiger partial charge >= 0.3 is 0 Å². The zero-order valence-corrected chi connectivity index (χ0v) is 16.2. The fourth-order valence-corrected chi connectivity index (χ4v) is 3.34. The van der Waals surface area contributed by atoms with Crippen molar-refractivity contribution in [3.05, 3.63) is 121 Å². The van der Waals surface area contributed by atoms with Crippen LogP contribution in [0.25, 0.3) is 28.0 Å². The third kappa shape index (κ3) is 4.56. The summed E-state index contributed by atoms with van der Waals surface area (Å²) >= 11 is 0. The van der Waals surface area contributed by atoms with Crippen molar-refractivity contribution < 1.29 is 0 Å². The molecule has 0 fully saturated rings. The highest BCUT2D eigenvalue weighted by Gasteiger charge is 2.04. The minimum atomic E-state index is 0.806. The molecule has 29 heavy (non-hydrogen) atoms. The molecule has 0 aliphatic rings. The lowest BCUT2D eigenvalue weighted by molar-refractivity contribution is 1.26. The molecule has 1 heterocycles. The first-order valence-electron chi connectivity index (χ1n) is 9.65. The van der Waals surface area contributed by atoms with Gasteiger partial charge in [0.15, 0.2) is 0 Å². The minimum absolute atomic E-state index is 0.806. The minimum Gasteiger partial charge on any atom is -0.264 e. The van der Waals surface area contributed by atoms with E-state index in [2.05, 4.69) is 95.6 Å². The van der Waals surface area contributed by atoms with E-state index in [4.69, 9.17) is 0 Å². The predicted molar refractivity (Wildman–Crippen MR) is 123 cm³/mol. The molecule has 0 aliphatic carbocycles. The standard InChI is InChI=1S/C27H22N2/c1-28-27(25-10-5-9-24(19-25)26-11-6-18-29-20-26)17-14-21-12-15-23(16-13-21)22-7-3-2-4-8-22/h2-13,15-20H,1,14H2/b27-17-. The summed E-state index contributed by atoms with van der Waals surface area (Å²) in [5.41, 5.74) is 7.87. The Balaban J connectivity index is 1.53. The van der Waals surface area contributed by atoms with E-state index in [0.29, 0.717) is 0 Å². The Bertz CT molecular complexity index is 1110. The molecular formula is C27H22N2. The van der Waals surface area contributed by atoms with Crippen LogP contribution in [0, 0.1) is 0 Å². The monoisotopic (exact) mass is 374 g/mol. The van der Waals surface area contributed by atoms with Crippen LogP contribution in [0.4, 0.5) is 0 Å². The number of benzene rings is 3. The van der Waals surface area contributed by atoms with E-state index >= 15 is 0 Å². The van der Waals surface area contributed by atoms with E-state index in [9.17, 15) is 0 Å². The van der Waals surface area contributed by atoms with Gasteiger partial charge in [-0.25, -0.2) is 0 Å². The van der Waals surface area contributed by atoms with Crippen molar-refractivity contribution in [2.45, 2.75) is 6.42 Å². The molecule has 1 aromatic heterocycles. The van der Waals surface area contributed by atoms with Crippen LogP contribution in [-0.4, -0.2) is 11.7 Å².